The fourth-order valence-corrected chi connectivity index (χ4v) is 3.47. The summed E-state index contributed by atoms with van der Waals surface area (Å²) in [7, 11) is 2.20. The number of hydrogen-bond donors (Lipinski definition) is 0. The number of nitrogens with zero attached hydrogens (tertiary/aromatic N) is 1. The smallest absolute Gasteiger partial charge is 0.123 e. The van der Waals surface area contributed by atoms with Crippen molar-refractivity contribution >= 4 is 0 Å². The highest BCUT2D eigenvalue weighted by Gasteiger charge is 2.38. The van der Waals surface area contributed by atoms with Gasteiger partial charge in [-0.25, -0.2) is 0 Å². The molecule has 4 rings (SSSR count). The second-order valence-electron chi connectivity index (χ2n) is 5.51. The first kappa shape index (κ1) is 11.1. The summed E-state index contributed by atoms with van der Waals surface area (Å²) in [5.74, 6) is 1.49. The van der Waals surface area contributed by atoms with Crippen molar-refractivity contribution in [2.24, 2.45) is 0 Å². The van der Waals surface area contributed by atoms with Gasteiger partial charge in [0, 0.05) is 18.0 Å². The van der Waals surface area contributed by atoms with Crippen LogP contribution in [0, 0.1) is 0 Å². The molecule has 0 aliphatic carbocycles. The van der Waals surface area contributed by atoms with Gasteiger partial charge in [0.05, 0.1) is 6.04 Å². The zero-order valence-electron chi connectivity index (χ0n) is 11.0. The Hall–Kier alpha value is -1.80. The summed E-state index contributed by atoms with van der Waals surface area (Å²) in [6.45, 7) is 1.80. The Kier molecular flexibility index (Phi) is 2.39. The Morgan fingerprint density at radius 3 is 2.63 bits per heavy atom. The van der Waals surface area contributed by atoms with Crippen molar-refractivity contribution in [3.63, 3.8) is 0 Å². The molecule has 2 nitrogen and oxygen atoms in total. The number of para-hydroxylation sites is 1. The van der Waals surface area contributed by atoms with E-state index < -0.39 is 0 Å². The maximum Gasteiger partial charge on any atom is 0.123 e. The fourth-order valence-electron chi connectivity index (χ4n) is 3.47. The Labute approximate surface area is 113 Å². The molecule has 0 bridgehead atoms. The van der Waals surface area contributed by atoms with E-state index in [1.54, 1.807) is 0 Å². The number of benzene rings is 2. The average molecular weight is 251 g/mol. The van der Waals surface area contributed by atoms with Crippen molar-refractivity contribution in [3.8, 4) is 5.75 Å². The Balaban J connectivity index is 1.93. The first-order valence-corrected chi connectivity index (χ1v) is 6.84. The van der Waals surface area contributed by atoms with E-state index in [1.165, 1.54) is 16.7 Å². The van der Waals surface area contributed by atoms with Crippen LogP contribution in [0.1, 0.15) is 22.6 Å². The minimum absolute atomic E-state index is 0.444. The molecular formula is C17H17NO. The van der Waals surface area contributed by atoms with Gasteiger partial charge in [0.15, 0.2) is 0 Å². The molecule has 96 valence electrons. The van der Waals surface area contributed by atoms with E-state index in [4.69, 9.17) is 4.74 Å². The fraction of sp³-hybridized carbons (Fsp3) is 0.294. The average Bonchev–Trinajstić information content (AvgIpc) is 2.47. The van der Waals surface area contributed by atoms with Crippen molar-refractivity contribution in [1.82, 2.24) is 4.90 Å². The van der Waals surface area contributed by atoms with Gasteiger partial charge in [-0.05, 0) is 24.2 Å². The van der Waals surface area contributed by atoms with Crippen molar-refractivity contribution in [2.45, 2.75) is 18.5 Å². The van der Waals surface area contributed by atoms with Gasteiger partial charge < -0.3 is 4.74 Å². The van der Waals surface area contributed by atoms with Crippen LogP contribution in [-0.4, -0.2) is 24.6 Å². The molecule has 2 heteroatoms. The topological polar surface area (TPSA) is 12.5 Å². The van der Waals surface area contributed by atoms with Crippen LogP contribution < -0.4 is 4.74 Å². The molecule has 0 fully saturated rings. The van der Waals surface area contributed by atoms with Gasteiger partial charge in [-0.3, -0.25) is 4.90 Å². The zero-order chi connectivity index (χ0) is 12.8. The summed E-state index contributed by atoms with van der Waals surface area (Å²) >= 11 is 0. The molecule has 2 aliphatic heterocycles. The third kappa shape index (κ3) is 1.60. The summed E-state index contributed by atoms with van der Waals surface area (Å²) in [6, 6.07) is 17.7. The zero-order valence-corrected chi connectivity index (χ0v) is 11.0. The Morgan fingerprint density at radius 1 is 1.00 bits per heavy atom. The predicted molar refractivity (Wildman–Crippen MR) is 75.5 cm³/mol. The van der Waals surface area contributed by atoms with Crippen molar-refractivity contribution in [3.05, 3.63) is 65.2 Å². The highest BCUT2D eigenvalue weighted by Crippen LogP contribution is 2.43. The quantitative estimate of drug-likeness (QED) is 0.713. The van der Waals surface area contributed by atoms with Crippen LogP contribution in [-0.2, 0) is 6.54 Å². The van der Waals surface area contributed by atoms with E-state index in [0.717, 1.165) is 18.9 Å². The first-order chi connectivity index (χ1) is 9.34. The monoisotopic (exact) mass is 251 g/mol. The van der Waals surface area contributed by atoms with Crippen LogP contribution in [0.15, 0.2) is 48.5 Å². The lowest BCUT2D eigenvalue weighted by molar-refractivity contribution is 0.112. The molecule has 2 atom stereocenters. The molecule has 0 spiro atoms. The Morgan fingerprint density at radius 2 is 1.74 bits per heavy atom. The van der Waals surface area contributed by atoms with Gasteiger partial charge in [0.2, 0.25) is 0 Å². The van der Waals surface area contributed by atoms with E-state index in [1.807, 2.05) is 0 Å². The summed E-state index contributed by atoms with van der Waals surface area (Å²) in [4.78, 5) is 2.42. The molecule has 2 heterocycles. The van der Waals surface area contributed by atoms with Gasteiger partial charge in [0.25, 0.3) is 0 Å². The van der Waals surface area contributed by atoms with Crippen LogP contribution in [0.5, 0.6) is 5.75 Å². The van der Waals surface area contributed by atoms with Gasteiger partial charge in [-0.15, -0.1) is 0 Å². The van der Waals surface area contributed by atoms with E-state index in [0.29, 0.717) is 12.0 Å². The molecule has 2 aliphatic rings. The van der Waals surface area contributed by atoms with Crippen LogP contribution in [0.3, 0.4) is 0 Å². The predicted octanol–water partition coefficient (Wildman–Crippen LogP) is 3.02. The van der Waals surface area contributed by atoms with Crippen LogP contribution in [0.25, 0.3) is 0 Å². The second kappa shape index (κ2) is 4.10. The lowest BCUT2D eigenvalue weighted by Crippen LogP contribution is -2.47. The minimum Gasteiger partial charge on any atom is -0.492 e. The standard InChI is InChI=1S/C17H17NO/c1-18-10-12-6-2-3-7-13(12)17-14-8-4-5-9-16(14)19-11-15(17)18/h2-9,15,17H,10-11H2,1H3/t15-,17-/m0/s1. The van der Waals surface area contributed by atoms with Crippen LogP contribution in [0.2, 0.25) is 0 Å². The maximum absolute atomic E-state index is 5.94. The molecule has 0 amide bonds. The normalized spacial score (nSPS) is 24.9. The lowest BCUT2D eigenvalue weighted by atomic mass is 9.78. The first-order valence-electron chi connectivity index (χ1n) is 6.84. The molecule has 0 aromatic heterocycles. The highest BCUT2D eigenvalue weighted by molar-refractivity contribution is 5.48. The molecule has 0 radical (unpaired) electrons. The molecule has 0 saturated carbocycles. The molecule has 2 aromatic rings. The molecule has 0 unspecified atom stereocenters. The number of rotatable bonds is 0. The van der Waals surface area contributed by atoms with Crippen LogP contribution in [0.4, 0.5) is 0 Å². The van der Waals surface area contributed by atoms with Gasteiger partial charge in [-0.2, -0.15) is 0 Å². The molecule has 0 N–H and O–H groups in total. The molecule has 0 saturated heterocycles. The van der Waals surface area contributed by atoms with Crippen molar-refractivity contribution in [2.75, 3.05) is 13.7 Å². The van der Waals surface area contributed by atoms with E-state index in [2.05, 4.69) is 60.5 Å². The van der Waals surface area contributed by atoms with Crippen LogP contribution >= 0.6 is 0 Å². The van der Waals surface area contributed by atoms with Crippen molar-refractivity contribution in [1.29, 1.82) is 0 Å². The minimum atomic E-state index is 0.444. The van der Waals surface area contributed by atoms with Gasteiger partial charge in [0.1, 0.15) is 12.4 Å². The highest BCUT2D eigenvalue weighted by atomic mass is 16.5. The van der Waals surface area contributed by atoms with E-state index in [9.17, 15) is 0 Å². The third-order valence-electron chi connectivity index (χ3n) is 4.42. The summed E-state index contributed by atoms with van der Waals surface area (Å²) < 4.78 is 5.94. The lowest BCUT2D eigenvalue weighted by Gasteiger charge is -2.43. The Bertz CT molecular complexity index is 622. The maximum atomic E-state index is 5.94. The molecule has 2 aromatic carbocycles. The van der Waals surface area contributed by atoms with E-state index in [-0.39, 0.29) is 0 Å². The number of fused-ring (bicyclic) bond motifs is 5. The van der Waals surface area contributed by atoms with Gasteiger partial charge >= 0.3 is 0 Å². The third-order valence-corrected chi connectivity index (χ3v) is 4.42. The van der Waals surface area contributed by atoms with E-state index >= 15 is 0 Å². The number of hydrogen-bond acceptors (Lipinski definition) is 2. The summed E-state index contributed by atoms with van der Waals surface area (Å²) in [5.41, 5.74) is 4.25. The number of likely N-dealkylation sites (N-methyl/N-ethyl adjacent to an activating group) is 1. The SMILES string of the molecule is CN1Cc2ccccc2[C@H]2c3ccccc3OC[C@@H]21. The number of ether oxygens (including phenoxy) is 1. The summed E-state index contributed by atoms with van der Waals surface area (Å²) in [5, 5.41) is 0. The van der Waals surface area contributed by atoms with Crippen molar-refractivity contribution < 1.29 is 4.74 Å². The second-order valence-corrected chi connectivity index (χ2v) is 5.51. The molecular weight excluding hydrogens is 234 g/mol. The molecule has 19 heavy (non-hydrogen) atoms. The summed E-state index contributed by atoms with van der Waals surface area (Å²) in [6.07, 6.45) is 0. The largest absolute Gasteiger partial charge is 0.492 e. The van der Waals surface area contributed by atoms with Gasteiger partial charge in [-0.1, -0.05) is 42.5 Å².